The van der Waals surface area contributed by atoms with Crippen molar-refractivity contribution in [3.8, 4) is 0 Å². The standard InChI is InChI=1S/C14H25NO6/c1-5-8-20-21-9-7-15-13(17)19-11-10-18-12(16)14(3,4)6-2/h5H,1,6-11H2,2-4H3,(H,15,17). The SMILES string of the molecule is C=CCOOCCNC(=O)OCCOC(=O)C(C)(C)CC. The molecule has 0 saturated carbocycles. The molecule has 122 valence electrons. The summed E-state index contributed by atoms with van der Waals surface area (Å²) in [5.74, 6) is -0.304. The first-order valence-corrected chi connectivity index (χ1v) is 6.87. The number of esters is 1. The van der Waals surface area contributed by atoms with Crippen LogP contribution in [0.3, 0.4) is 0 Å². The minimum atomic E-state index is -0.604. The maximum atomic E-state index is 11.6. The van der Waals surface area contributed by atoms with Crippen molar-refractivity contribution in [2.24, 2.45) is 5.41 Å². The number of hydrogen-bond acceptors (Lipinski definition) is 6. The summed E-state index contributed by atoms with van der Waals surface area (Å²) >= 11 is 0. The van der Waals surface area contributed by atoms with Gasteiger partial charge in [0.15, 0.2) is 0 Å². The fraction of sp³-hybridized carbons (Fsp3) is 0.714. The summed E-state index contributed by atoms with van der Waals surface area (Å²) in [7, 11) is 0. The lowest BCUT2D eigenvalue weighted by molar-refractivity contribution is -0.284. The van der Waals surface area contributed by atoms with E-state index < -0.39 is 11.5 Å². The molecule has 0 unspecified atom stereocenters. The number of alkyl carbamates (subject to hydrolysis) is 1. The highest BCUT2D eigenvalue weighted by Gasteiger charge is 2.26. The van der Waals surface area contributed by atoms with Crippen LogP contribution in [0.4, 0.5) is 4.79 Å². The topological polar surface area (TPSA) is 83.1 Å². The molecule has 0 bridgehead atoms. The van der Waals surface area contributed by atoms with Gasteiger partial charge in [0.25, 0.3) is 0 Å². The Morgan fingerprint density at radius 1 is 1.14 bits per heavy atom. The van der Waals surface area contributed by atoms with E-state index in [0.717, 1.165) is 0 Å². The molecule has 0 radical (unpaired) electrons. The molecule has 0 aliphatic heterocycles. The van der Waals surface area contributed by atoms with Crippen molar-refractivity contribution in [3.05, 3.63) is 12.7 Å². The van der Waals surface area contributed by atoms with E-state index in [-0.39, 0.29) is 38.9 Å². The van der Waals surface area contributed by atoms with Gasteiger partial charge in [0.1, 0.15) is 19.8 Å². The Kier molecular flexibility index (Phi) is 10.3. The highest BCUT2D eigenvalue weighted by Crippen LogP contribution is 2.21. The zero-order valence-electron chi connectivity index (χ0n) is 13.0. The van der Waals surface area contributed by atoms with Crippen LogP contribution in [-0.2, 0) is 24.0 Å². The Balaban J connectivity index is 3.54. The molecule has 0 aromatic heterocycles. The van der Waals surface area contributed by atoms with Crippen molar-refractivity contribution < 1.29 is 28.8 Å². The summed E-state index contributed by atoms with van der Waals surface area (Å²) < 4.78 is 9.85. The van der Waals surface area contributed by atoms with Gasteiger partial charge in [0.2, 0.25) is 0 Å². The normalized spacial score (nSPS) is 10.8. The molecule has 0 fully saturated rings. The first-order valence-electron chi connectivity index (χ1n) is 6.87. The monoisotopic (exact) mass is 303 g/mol. The first kappa shape index (κ1) is 19.4. The molecule has 7 nitrogen and oxygen atoms in total. The van der Waals surface area contributed by atoms with Gasteiger partial charge in [0, 0.05) is 6.54 Å². The summed E-state index contributed by atoms with van der Waals surface area (Å²) in [6.45, 7) is 9.73. The van der Waals surface area contributed by atoms with E-state index in [1.807, 2.05) is 6.92 Å². The molecule has 21 heavy (non-hydrogen) atoms. The van der Waals surface area contributed by atoms with Gasteiger partial charge in [0.05, 0.1) is 12.0 Å². The molecule has 0 rings (SSSR count). The second-order valence-electron chi connectivity index (χ2n) is 4.83. The lowest BCUT2D eigenvalue weighted by Gasteiger charge is -2.20. The Morgan fingerprint density at radius 2 is 1.81 bits per heavy atom. The van der Waals surface area contributed by atoms with Gasteiger partial charge in [-0.05, 0) is 20.3 Å². The van der Waals surface area contributed by atoms with Gasteiger partial charge in [-0.3, -0.25) is 4.79 Å². The molecule has 0 spiro atoms. The molecule has 7 heteroatoms. The smallest absolute Gasteiger partial charge is 0.407 e. The average Bonchev–Trinajstić information content (AvgIpc) is 2.46. The molecule has 1 amide bonds. The summed E-state index contributed by atoms with van der Waals surface area (Å²) in [5.41, 5.74) is -0.523. The predicted molar refractivity (Wildman–Crippen MR) is 76.5 cm³/mol. The van der Waals surface area contributed by atoms with Crippen LogP contribution in [0.2, 0.25) is 0 Å². The van der Waals surface area contributed by atoms with Gasteiger partial charge in [-0.2, -0.15) is 0 Å². The number of carbonyl (C=O) groups is 2. The van der Waals surface area contributed by atoms with Crippen molar-refractivity contribution in [1.29, 1.82) is 0 Å². The molecular weight excluding hydrogens is 278 g/mol. The third-order valence-electron chi connectivity index (χ3n) is 2.71. The second-order valence-corrected chi connectivity index (χ2v) is 4.83. The van der Waals surface area contributed by atoms with Crippen LogP contribution in [0, 0.1) is 5.41 Å². The quantitative estimate of drug-likeness (QED) is 0.206. The van der Waals surface area contributed by atoms with Crippen LogP contribution in [0.1, 0.15) is 27.2 Å². The molecule has 0 aliphatic rings. The molecular formula is C14H25NO6. The average molecular weight is 303 g/mol. The highest BCUT2D eigenvalue weighted by atomic mass is 17.2. The predicted octanol–water partition coefficient (Wildman–Crippen LogP) is 1.83. The van der Waals surface area contributed by atoms with Crippen molar-refractivity contribution in [3.63, 3.8) is 0 Å². The van der Waals surface area contributed by atoms with Gasteiger partial charge in [-0.1, -0.05) is 13.0 Å². The summed E-state index contributed by atoms with van der Waals surface area (Å²) in [4.78, 5) is 32.3. The van der Waals surface area contributed by atoms with Crippen LogP contribution in [0.5, 0.6) is 0 Å². The van der Waals surface area contributed by atoms with E-state index in [1.165, 1.54) is 0 Å². The zero-order valence-corrected chi connectivity index (χ0v) is 13.0. The van der Waals surface area contributed by atoms with Crippen LogP contribution in [0.25, 0.3) is 0 Å². The number of rotatable bonds is 11. The van der Waals surface area contributed by atoms with E-state index in [4.69, 9.17) is 14.4 Å². The van der Waals surface area contributed by atoms with E-state index in [2.05, 4.69) is 16.8 Å². The lowest BCUT2D eigenvalue weighted by atomic mass is 9.91. The third kappa shape index (κ3) is 9.86. The fourth-order valence-electron chi connectivity index (χ4n) is 1.01. The number of amides is 1. The van der Waals surface area contributed by atoms with Gasteiger partial charge >= 0.3 is 12.1 Å². The van der Waals surface area contributed by atoms with Crippen molar-refractivity contribution in [1.82, 2.24) is 5.32 Å². The van der Waals surface area contributed by atoms with Gasteiger partial charge in [-0.25, -0.2) is 14.6 Å². The maximum Gasteiger partial charge on any atom is 0.407 e. The van der Waals surface area contributed by atoms with Gasteiger partial charge < -0.3 is 14.8 Å². The number of carbonyl (C=O) groups excluding carboxylic acids is 2. The van der Waals surface area contributed by atoms with Crippen LogP contribution < -0.4 is 5.32 Å². The first-order chi connectivity index (χ1) is 9.94. The van der Waals surface area contributed by atoms with Crippen LogP contribution >= 0.6 is 0 Å². The molecule has 1 N–H and O–H groups in total. The number of ether oxygens (including phenoxy) is 2. The Labute approximate surface area is 125 Å². The third-order valence-corrected chi connectivity index (χ3v) is 2.71. The van der Waals surface area contributed by atoms with E-state index in [0.29, 0.717) is 6.42 Å². The summed E-state index contributed by atoms with van der Waals surface area (Å²) in [6, 6.07) is 0. The van der Waals surface area contributed by atoms with Gasteiger partial charge in [-0.15, -0.1) is 6.58 Å². The van der Waals surface area contributed by atoms with E-state index in [1.54, 1.807) is 19.9 Å². The number of hydrogen-bond donors (Lipinski definition) is 1. The zero-order chi connectivity index (χ0) is 16.1. The largest absolute Gasteiger partial charge is 0.462 e. The summed E-state index contributed by atoms with van der Waals surface area (Å²) in [6.07, 6.45) is 1.62. The Morgan fingerprint density at radius 3 is 2.43 bits per heavy atom. The van der Waals surface area contributed by atoms with Crippen molar-refractivity contribution >= 4 is 12.1 Å². The highest BCUT2D eigenvalue weighted by molar-refractivity contribution is 5.75. The molecule has 0 aromatic rings. The fourth-order valence-corrected chi connectivity index (χ4v) is 1.01. The van der Waals surface area contributed by atoms with Crippen molar-refractivity contribution in [2.45, 2.75) is 27.2 Å². The molecule has 0 heterocycles. The maximum absolute atomic E-state index is 11.6. The molecule has 0 atom stereocenters. The second kappa shape index (κ2) is 11.1. The number of nitrogens with one attached hydrogen (secondary N) is 1. The van der Waals surface area contributed by atoms with Crippen LogP contribution in [0.15, 0.2) is 12.7 Å². The van der Waals surface area contributed by atoms with E-state index >= 15 is 0 Å². The molecule has 0 saturated heterocycles. The van der Waals surface area contributed by atoms with Crippen LogP contribution in [-0.4, -0.2) is 45.0 Å². The Hall–Kier alpha value is -1.60. The molecule has 0 aromatic carbocycles. The minimum Gasteiger partial charge on any atom is -0.462 e. The minimum absolute atomic E-state index is 0.00515. The lowest BCUT2D eigenvalue weighted by Crippen LogP contribution is -2.30. The Bertz CT molecular complexity index is 329. The molecule has 0 aliphatic carbocycles. The van der Waals surface area contributed by atoms with Crippen molar-refractivity contribution in [2.75, 3.05) is 33.0 Å². The summed E-state index contributed by atoms with van der Waals surface area (Å²) in [5, 5.41) is 2.46. The van der Waals surface area contributed by atoms with E-state index in [9.17, 15) is 9.59 Å².